The number of fused-ring (bicyclic) bond motifs is 2. The molecule has 0 bridgehead atoms. The van der Waals surface area contributed by atoms with Crippen molar-refractivity contribution in [1.82, 2.24) is 4.90 Å². The van der Waals surface area contributed by atoms with Crippen LogP contribution in [0.3, 0.4) is 0 Å². The smallest absolute Gasteiger partial charge is 0.260 e. The van der Waals surface area contributed by atoms with Gasteiger partial charge in [-0.15, -0.1) is 0 Å². The molecule has 0 radical (unpaired) electrons. The normalized spacial score (nSPS) is 19.6. The molecule has 7 nitrogen and oxygen atoms in total. The largest absolute Gasteiger partial charge is 0.484 e. The summed E-state index contributed by atoms with van der Waals surface area (Å²) in [6.07, 6.45) is 3.83. The van der Waals surface area contributed by atoms with E-state index in [2.05, 4.69) is 10.6 Å². The number of amides is 2. The molecular formula is C23H21N3O4. The van der Waals surface area contributed by atoms with Crippen molar-refractivity contribution in [3.05, 3.63) is 65.4 Å². The fourth-order valence-electron chi connectivity index (χ4n) is 3.82. The highest BCUT2D eigenvalue weighted by atomic mass is 16.5. The summed E-state index contributed by atoms with van der Waals surface area (Å²) in [5.41, 5.74) is 4.90. The highest BCUT2D eigenvalue weighted by Gasteiger charge is 2.27. The topological polar surface area (TPSA) is 79.9 Å². The predicted octanol–water partition coefficient (Wildman–Crippen LogP) is 2.73. The molecule has 1 saturated heterocycles. The van der Waals surface area contributed by atoms with Crippen LogP contribution in [0.2, 0.25) is 0 Å². The van der Waals surface area contributed by atoms with E-state index in [9.17, 15) is 9.59 Å². The van der Waals surface area contributed by atoms with Crippen LogP contribution in [0.1, 0.15) is 11.1 Å². The third kappa shape index (κ3) is 3.44. The van der Waals surface area contributed by atoms with Crippen LogP contribution in [0.5, 0.6) is 5.75 Å². The zero-order chi connectivity index (χ0) is 20.5. The van der Waals surface area contributed by atoms with Gasteiger partial charge in [-0.2, -0.15) is 0 Å². The van der Waals surface area contributed by atoms with Gasteiger partial charge in [0.25, 0.3) is 11.8 Å². The molecule has 0 atom stereocenters. The van der Waals surface area contributed by atoms with Gasteiger partial charge in [0.05, 0.1) is 24.5 Å². The van der Waals surface area contributed by atoms with Crippen molar-refractivity contribution >= 4 is 34.8 Å². The van der Waals surface area contributed by atoms with Gasteiger partial charge < -0.3 is 25.0 Å². The number of carbonyl (C=O) groups is 2. The highest BCUT2D eigenvalue weighted by Crippen LogP contribution is 2.37. The third-order valence-electron chi connectivity index (χ3n) is 5.39. The molecule has 2 aromatic rings. The Bertz CT molecular complexity index is 1080. The van der Waals surface area contributed by atoms with Crippen LogP contribution in [0.25, 0.3) is 11.6 Å². The van der Waals surface area contributed by atoms with E-state index in [1.807, 2.05) is 54.6 Å². The summed E-state index contributed by atoms with van der Waals surface area (Å²) in [5.74, 6) is 0.470. The van der Waals surface area contributed by atoms with Crippen molar-refractivity contribution in [3.63, 3.8) is 0 Å². The second-order valence-electron chi connectivity index (χ2n) is 7.28. The molecule has 2 amide bonds. The van der Waals surface area contributed by atoms with E-state index >= 15 is 0 Å². The van der Waals surface area contributed by atoms with E-state index in [1.54, 1.807) is 4.90 Å². The van der Waals surface area contributed by atoms with Crippen LogP contribution in [-0.2, 0) is 14.3 Å². The molecule has 0 aliphatic carbocycles. The van der Waals surface area contributed by atoms with Crippen LogP contribution in [0, 0.1) is 0 Å². The Balaban J connectivity index is 1.32. The quantitative estimate of drug-likeness (QED) is 0.771. The summed E-state index contributed by atoms with van der Waals surface area (Å²) in [6, 6.07) is 13.2. The first-order chi connectivity index (χ1) is 14.7. The number of benzene rings is 2. The van der Waals surface area contributed by atoms with E-state index in [4.69, 9.17) is 9.47 Å². The lowest BCUT2D eigenvalue weighted by Gasteiger charge is -2.26. The molecule has 2 N–H and O–H groups in total. The molecule has 0 aromatic heterocycles. The molecule has 2 aromatic carbocycles. The Morgan fingerprint density at radius 2 is 1.87 bits per heavy atom. The second-order valence-corrected chi connectivity index (χ2v) is 7.28. The molecule has 152 valence electrons. The van der Waals surface area contributed by atoms with Gasteiger partial charge in [0.1, 0.15) is 5.75 Å². The summed E-state index contributed by atoms with van der Waals surface area (Å²) >= 11 is 0. The van der Waals surface area contributed by atoms with Gasteiger partial charge in [0, 0.05) is 35.6 Å². The Morgan fingerprint density at radius 1 is 1.03 bits per heavy atom. The van der Waals surface area contributed by atoms with Crippen molar-refractivity contribution in [2.45, 2.75) is 0 Å². The number of nitrogens with zero attached hydrogens (tertiary/aromatic N) is 1. The Kier molecular flexibility index (Phi) is 4.72. The summed E-state index contributed by atoms with van der Waals surface area (Å²) in [4.78, 5) is 26.5. The summed E-state index contributed by atoms with van der Waals surface area (Å²) < 4.78 is 11.0. The second kappa shape index (κ2) is 7.68. The van der Waals surface area contributed by atoms with Gasteiger partial charge in [0.2, 0.25) is 0 Å². The Hall–Kier alpha value is -3.58. The Morgan fingerprint density at radius 3 is 2.73 bits per heavy atom. The first kappa shape index (κ1) is 18.4. The molecule has 3 aliphatic heterocycles. The van der Waals surface area contributed by atoms with Crippen molar-refractivity contribution in [2.75, 3.05) is 43.5 Å². The lowest BCUT2D eigenvalue weighted by Crippen LogP contribution is -2.42. The standard InChI is InChI=1S/C23H21N3O4/c27-21(26-9-11-29-12-10-26)14-30-16-6-8-18-15(13-16)5-7-20(24-18)22-17-3-1-2-4-19(17)25-23(22)28/h1-8,13,24H,9-12,14H2,(H,25,28). The van der Waals surface area contributed by atoms with Gasteiger partial charge >= 0.3 is 0 Å². The maximum atomic E-state index is 12.5. The maximum absolute atomic E-state index is 12.5. The minimum absolute atomic E-state index is 0.00217. The van der Waals surface area contributed by atoms with E-state index in [1.165, 1.54) is 0 Å². The number of anilines is 2. The number of ether oxygens (including phenoxy) is 2. The molecule has 0 spiro atoms. The summed E-state index contributed by atoms with van der Waals surface area (Å²) in [6.45, 7) is 2.35. The van der Waals surface area contributed by atoms with Crippen molar-refractivity contribution in [1.29, 1.82) is 0 Å². The minimum Gasteiger partial charge on any atom is -0.484 e. The first-order valence-electron chi connectivity index (χ1n) is 9.91. The van der Waals surface area contributed by atoms with E-state index in [0.29, 0.717) is 37.6 Å². The molecule has 0 saturated carbocycles. The van der Waals surface area contributed by atoms with Gasteiger partial charge in [-0.05, 0) is 30.3 Å². The number of morpholine rings is 1. The van der Waals surface area contributed by atoms with E-state index in [0.717, 1.165) is 28.2 Å². The van der Waals surface area contributed by atoms with Gasteiger partial charge in [-0.3, -0.25) is 9.59 Å². The van der Waals surface area contributed by atoms with Crippen LogP contribution in [0.15, 0.2) is 54.2 Å². The first-order valence-corrected chi connectivity index (χ1v) is 9.91. The number of carbonyl (C=O) groups excluding carboxylic acids is 2. The lowest BCUT2D eigenvalue weighted by molar-refractivity contribution is -0.137. The lowest BCUT2D eigenvalue weighted by atomic mass is 10.0. The molecule has 0 unspecified atom stereocenters. The SMILES string of the molecule is O=C1Nc2ccccc2C1=C1C=Cc2cc(OCC(=O)N3CCOCC3)ccc2N1. The highest BCUT2D eigenvalue weighted by molar-refractivity contribution is 6.33. The molecule has 3 aliphatic rings. The van der Waals surface area contributed by atoms with Gasteiger partial charge in [0.15, 0.2) is 6.61 Å². The Labute approximate surface area is 174 Å². The fourth-order valence-corrected chi connectivity index (χ4v) is 3.82. The van der Waals surface area contributed by atoms with E-state index in [-0.39, 0.29) is 18.4 Å². The number of nitrogens with one attached hydrogen (secondary N) is 2. The zero-order valence-corrected chi connectivity index (χ0v) is 16.3. The zero-order valence-electron chi connectivity index (χ0n) is 16.3. The number of allylic oxidation sites excluding steroid dienone is 1. The van der Waals surface area contributed by atoms with Crippen LogP contribution >= 0.6 is 0 Å². The average Bonchev–Trinajstić information content (AvgIpc) is 3.13. The van der Waals surface area contributed by atoms with Crippen molar-refractivity contribution < 1.29 is 19.1 Å². The molecule has 7 heteroatoms. The monoisotopic (exact) mass is 403 g/mol. The minimum atomic E-state index is -0.117. The average molecular weight is 403 g/mol. The third-order valence-corrected chi connectivity index (χ3v) is 5.39. The number of hydrogen-bond acceptors (Lipinski definition) is 5. The number of para-hydroxylation sites is 1. The molecule has 30 heavy (non-hydrogen) atoms. The number of rotatable bonds is 3. The maximum Gasteiger partial charge on any atom is 0.260 e. The molecule has 5 rings (SSSR count). The van der Waals surface area contributed by atoms with Gasteiger partial charge in [-0.1, -0.05) is 24.3 Å². The molecule has 3 heterocycles. The van der Waals surface area contributed by atoms with Crippen molar-refractivity contribution in [3.8, 4) is 5.75 Å². The summed E-state index contributed by atoms with van der Waals surface area (Å²) in [5, 5.41) is 6.24. The van der Waals surface area contributed by atoms with Crippen LogP contribution in [-0.4, -0.2) is 49.6 Å². The predicted molar refractivity (Wildman–Crippen MR) is 114 cm³/mol. The summed E-state index contributed by atoms with van der Waals surface area (Å²) in [7, 11) is 0. The molecular weight excluding hydrogens is 382 g/mol. The van der Waals surface area contributed by atoms with Crippen LogP contribution < -0.4 is 15.4 Å². The van der Waals surface area contributed by atoms with E-state index < -0.39 is 0 Å². The molecule has 1 fully saturated rings. The fraction of sp³-hybridized carbons (Fsp3) is 0.217. The van der Waals surface area contributed by atoms with Crippen molar-refractivity contribution in [2.24, 2.45) is 0 Å². The van der Waals surface area contributed by atoms with Gasteiger partial charge in [-0.25, -0.2) is 0 Å². The van der Waals surface area contributed by atoms with Crippen LogP contribution in [0.4, 0.5) is 11.4 Å². The number of hydrogen-bond donors (Lipinski definition) is 2.